The lowest BCUT2D eigenvalue weighted by atomic mass is 9.91. The summed E-state index contributed by atoms with van der Waals surface area (Å²) < 4.78 is 10.8. The average molecular weight is 420 g/mol. The summed E-state index contributed by atoms with van der Waals surface area (Å²) >= 11 is 7.55. The molecule has 28 heavy (non-hydrogen) atoms. The Morgan fingerprint density at radius 1 is 1.11 bits per heavy atom. The lowest BCUT2D eigenvalue weighted by Gasteiger charge is -2.30. The highest BCUT2D eigenvalue weighted by atomic mass is 35.5. The van der Waals surface area contributed by atoms with Gasteiger partial charge in [0.15, 0.2) is 0 Å². The minimum atomic E-state index is -0.461. The van der Waals surface area contributed by atoms with Gasteiger partial charge in [0, 0.05) is 35.9 Å². The number of piperidine rings is 1. The average Bonchev–Trinajstić information content (AvgIpc) is 2.71. The quantitative estimate of drug-likeness (QED) is 0.609. The first-order chi connectivity index (χ1) is 13.6. The number of anilines is 1. The molecule has 5 nitrogen and oxygen atoms in total. The van der Waals surface area contributed by atoms with Gasteiger partial charge in [0.05, 0.1) is 0 Å². The number of hydrogen-bond donors (Lipinski definition) is 2. The number of amides is 1. The maximum atomic E-state index is 12.0. The van der Waals surface area contributed by atoms with Crippen LogP contribution in [-0.2, 0) is 17.8 Å². The van der Waals surface area contributed by atoms with Gasteiger partial charge in [-0.1, -0.05) is 35.9 Å². The monoisotopic (exact) mass is 419 g/mol. The van der Waals surface area contributed by atoms with Crippen LogP contribution in [0.5, 0.6) is 0 Å². The molecule has 0 atom stereocenters. The molecule has 0 aromatic heterocycles. The largest absolute Gasteiger partial charge is 0.444 e. The molecular weight excluding hydrogens is 394 g/mol. The third-order valence-corrected chi connectivity index (χ3v) is 5.86. The van der Waals surface area contributed by atoms with Gasteiger partial charge in [0.1, 0.15) is 6.61 Å². The van der Waals surface area contributed by atoms with Crippen LogP contribution in [0.4, 0.5) is 10.5 Å². The normalized spacial score (nSPS) is 15.4. The Morgan fingerprint density at radius 3 is 2.39 bits per heavy atom. The summed E-state index contributed by atoms with van der Waals surface area (Å²) in [4.78, 5) is 12.0. The molecule has 1 aliphatic heterocycles. The number of carbonyl (C=O) groups is 1. The van der Waals surface area contributed by atoms with E-state index in [2.05, 4.69) is 26.5 Å². The van der Waals surface area contributed by atoms with Crippen LogP contribution in [0.2, 0.25) is 5.02 Å². The van der Waals surface area contributed by atoms with Crippen LogP contribution in [0.3, 0.4) is 0 Å². The summed E-state index contributed by atoms with van der Waals surface area (Å²) in [5.74, 6) is 0.719. The molecule has 1 amide bonds. The zero-order valence-electron chi connectivity index (χ0n) is 16.0. The molecule has 7 heteroatoms. The van der Waals surface area contributed by atoms with Crippen LogP contribution in [0, 0.1) is 5.92 Å². The molecule has 0 bridgehead atoms. The molecule has 0 aliphatic carbocycles. The van der Waals surface area contributed by atoms with E-state index in [1.807, 2.05) is 31.3 Å². The Labute approximate surface area is 176 Å². The standard InChI is InChI=1S/C21H26ClN3O2S/c1-23-28-25-12-10-17(11-13-25)14-16-4-8-20(9-5-16)24-21(26)27-15-18-2-6-19(22)7-3-18/h2-9,17,23H,10-15H2,1H3,(H,24,26). The fraction of sp³-hybridized carbons (Fsp3) is 0.381. The van der Waals surface area contributed by atoms with E-state index < -0.39 is 6.09 Å². The zero-order valence-corrected chi connectivity index (χ0v) is 17.6. The van der Waals surface area contributed by atoms with Gasteiger partial charge in [-0.2, -0.15) is 0 Å². The van der Waals surface area contributed by atoms with Crippen molar-refractivity contribution in [2.75, 3.05) is 25.5 Å². The summed E-state index contributed by atoms with van der Waals surface area (Å²) in [5.41, 5.74) is 2.94. The van der Waals surface area contributed by atoms with E-state index in [-0.39, 0.29) is 6.61 Å². The maximum absolute atomic E-state index is 12.0. The summed E-state index contributed by atoms with van der Waals surface area (Å²) in [6.45, 7) is 2.45. The van der Waals surface area contributed by atoms with Crippen molar-refractivity contribution in [3.05, 3.63) is 64.7 Å². The second-order valence-corrected chi connectivity index (χ2v) is 8.44. The summed E-state index contributed by atoms with van der Waals surface area (Å²) in [7, 11) is 1.96. The van der Waals surface area contributed by atoms with E-state index >= 15 is 0 Å². The molecule has 1 heterocycles. The molecule has 2 aromatic carbocycles. The van der Waals surface area contributed by atoms with Crippen molar-refractivity contribution in [2.45, 2.75) is 25.9 Å². The first kappa shape index (κ1) is 21.0. The van der Waals surface area contributed by atoms with E-state index in [1.165, 1.54) is 18.4 Å². The topological polar surface area (TPSA) is 53.6 Å². The molecule has 0 saturated carbocycles. The summed E-state index contributed by atoms with van der Waals surface area (Å²) in [5, 5.41) is 3.43. The van der Waals surface area contributed by atoms with Crippen LogP contribution in [-0.4, -0.2) is 30.5 Å². The zero-order chi connectivity index (χ0) is 19.8. The smallest absolute Gasteiger partial charge is 0.411 e. The van der Waals surface area contributed by atoms with Gasteiger partial charge < -0.3 is 4.74 Å². The van der Waals surface area contributed by atoms with Crippen LogP contribution in [0.25, 0.3) is 0 Å². The highest BCUT2D eigenvalue weighted by molar-refractivity contribution is 7.95. The van der Waals surface area contributed by atoms with Crippen LogP contribution in [0.15, 0.2) is 48.5 Å². The van der Waals surface area contributed by atoms with Crippen molar-refractivity contribution in [1.82, 2.24) is 9.03 Å². The molecule has 2 aromatic rings. The number of ether oxygens (including phenoxy) is 1. The number of nitrogens with zero attached hydrogens (tertiary/aromatic N) is 1. The third-order valence-electron chi connectivity index (χ3n) is 4.80. The fourth-order valence-electron chi connectivity index (χ4n) is 3.27. The predicted molar refractivity (Wildman–Crippen MR) is 116 cm³/mol. The minimum Gasteiger partial charge on any atom is -0.444 e. The van der Waals surface area contributed by atoms with Crippen LogP contribution < -0.4 is 10.0 Å². The van der Waals surface area contributed by atoms with Crippen molar-refractivity contribution in [3.63, 3.8) is 0 Å². The number of benzene rings is 2. The SMILES string of the molecule is CNSN1CCC(Cc2ccc(NC(=O)OCc3ccc(Cl)cc3)cc2)CC1. The van der Waals surface area contributed by atoms with E-state index in [0.29, 0.717) is 5.02 Å². The third kappa shape index (κ3) is 6.71. The first-order valence-electron chi connectivity index (χ1n) is 9.48. The van der Waals surface area contributed by atoms with E-state index in [4.69, 9.17) is 16.3 Å². The maximum Gasteiger partial charge on any atom is 0.411 e. The van der Waals surface area contributed by atoms with Crippen LogP contribution >= 0.6 is 23.7 Å². The van der Waals surface area contributed by atoms with Crippen molar-refractivity contribution in [2.24, 2.45) is 5.92 Å². The van der Waals surface area contributed by atoms with E-state index in [0.717, 1.165) is 36.7 Å². The number of rotatable bonds is 7. The molecule has 2 N–H and O–H groups in total. The minimum absolute atomic E-state index is 0.214. The van der Waals surface area contributed by atoms with Crippen molar-refractivity contribution in [1.29, 1.82) is 0 Å². The molecule has 1 aliphatic rings. The van der Waals surface area contributed by atoms with Crippen LogP contribution in [0.1, 0.15) is 24.0 Å². The Bertz CT molecular complexity index is 747. The number of carbonyl (C=O) groups excluding carboxylic acids is 1. The Hall–Kier alpha value is -1.73. The molecule has 3 rings (SSSR count). The second kappa shape index (κ2) is 10.7. The number of halogens is 1. The Morgan fingerprint density at radius 2 is 1.75 bits per heavy atom. The van der Waals surface area contributed by atoms with E-state index in [1.54, 1.807) is 24.3 Å². The molecule has 150 valence electrons. The van der Waals surface area contributed by atoms with Gasteiger partial charge in [-0.05, 0) is 67.6 Å². The van der Waals surface area contributed by atoms with Crippen molar-refractivity contribution < 1.29 is 9.53 Å². The van der Waals surface area contributed by atoms with Crippen molar-refractivity contribution >= 4 is 35.5 Å². The molecule has 0 radical (unpaired) electrons. The molecule has 1 saturated heterocycles. The highest BCUT2D eigenvalue weighted by Gasteiger charge is 2.19. The summed E-state index contributed by atoms with van der Waals surface area (Å²) in [6.07, 6.45) is 3.05. The van der Waals surface area contributed by atoms with Gasteiger partial charge in [0.25, 0.3) is 0 Å². The Balaban J connectivity index is 1.41. The Kier molecular flexibility index (Phi) is 8.03. The molecule has 0 unspecified atom stereocenters. The van der Waals surface area contributed by atoms with Gasteiger partial charge in [0.2, 0.25) is 0 Å². The predicted octanol–water partition coefficient (Wildman–Crippen LogP) is 5.13. The fourth-order valence-corrected chi connectivity index (χ4v) is 4.05. The second-order valence-electron chi connectivity index (χ2n) is 6.90. The first-order valence-corrected chi connectivity index (χ1v) is 10.6. The van der Waals surface area contributed by atoms with Crippen molar-refractivity contribution in [3.8, 4) is 0 Å². The summed E-state index contributed by atoms with van der Waals surface area (Å²) in [6, 6.07) is 15.3. The van der Waals surface area contributed by atoms with E-state index in [9.17, 15) is 4.79 Å². The van der Waals surface area contributed by atoms with Gasteiger partial charge in [-0.25, -0.2) is 9.10 Å². The van der Waals surface area contributed by atoms with Gasteiger partial charge in [-0.15, -0.1) is 0 Å². The molecule has 1 fully saturated rings. The molecular formula is C21H26ClN3O2S. The number of nitrogens with one attached hydrogen (secondary N) is 2. The lowest BCUT2D eigenvalue weighted by molar-refractivity contribution is 0.155. The highest BCUT2D eigenvalue weighted by Crippen LogP contribution is 2.25. The lowest BCUT2D eigenvalue weighted by Crippen LogP contribution is -2.31. The van der Waals surface area contributed by atoms with Gasteiger partial charge in [-0.3, -0.25) is 10.0 Å². The molecule has 0 spiro atoms. The number of hydrogen-bond acceptors (Lipinski definition) is 5. The van der Waals surface area contributed by atoms with Gasteiger partial charge >= 0.3 is 6.09 Å².